The Hall–Kier alpha value is -3.03. The molecule has 1 fully saturated rings. The third-order valence-corrected chi connectivity index (χ3v) is 5.66. The monoisotopic (exact) mass is 381 g/mol. The lowest BCUT2D eigenvalue weighted by Crippen LogP contribution is -2.49. The van der Waals surface area contributed by atoms with Crippen LogP contribution in [0.15, 0.2) is 18.2 Å². The molecule has 8 nitrogen and oxygen atoms in total. The first-order valence-corrected chi connectivity index (χ1v) is 9.78. The van der Waals surface area contributed by atoms with E-state index in [-0.39, 0.29) is 12.7 Å². The molecule has 28 heavy (non-hydrogen) atoms. The third-order valence-electron chi connectivity index (χ3n) is 5.66. The van der Waals surface area contributed by atoms with Crippen LogP contribution in [0.25, 0.3) is 0 Å². The van der Waals surface area contributed by atoms with E-state index in [1.807, 2.05) is 4.90 Å². The quantitative estimate of drug-likeness (QED) is 0.845. The number of aryl methyl sites for hydroxylation is 1. The van der Waals surface area contributed by atoms with E-state index in [0.29, 0.717) is 36.1 Å². The normalized spacial score (nSPS) is 18.1. The summed E-state index contributed by atoms with van der Waals surface area (Å²) in [5.74, 6) is 2.63. The van der Waals surface area contributed by atoms with Crippen LogP contribution in [0.2, 0.25) is 0 Å². The van der Waals surface area contributed by atoms with E-state index in [1.54, 1.807) is 18.2 Å². The van der Waals surface area contributed by atoms with Crippen LogP contribution in [0.5, 0.6) is 11.5 Å². The van der Waals surface area contributed by atoms with Crippen LogP contribution >= 0.6 is 0 Å². The highest BCUT2D eigenvalue weighted by molar-refractivity contribution is 5.95. The number of nitrogen functional groups attached to an aromatic ring is 1. The van der Waals surface area contributed by atoms with Gasteiger partial charge in [0.2, 0.25) is 12.7 Å². The molecule has 2 aliphatic heterocycles. The predicted molar refractivity (Wildman–Crippen MR) is 104 cm³/mol. The molecule has 1 aromatic heterocycles. The first kappa shape index (κ1) is 17.1. The number of ether oxygens (including phenoxy) is 2. The maximum absolute atomic E-state index is 12.9. The standard InChI is InChI=1S/C20H23N5O3/c21-20-22-15-4-2-1-3-14(15)18(23-20)24-7-9-25(10-8-24)19(26)13-5-6-16-17(11-13)28-12-27-16/h5-6,11H,1-4,7-10,12H2,(H2,21,22,23). The molecule has 1 aromatic carbocycles. The second-order valence-corrected chi connectivity index (χ2v) is 7.39. The number of nitrogens with two attached hydrogens (primary N) is 1. The Labute approximate surface area is 163 Å². The molecule has 0 bridgehead atoms. The fourth-order valence-corrected chi connectivity index (χ4v) is 4.19. The average molecular weight is 381 g/mol. The van der Waals surface area contributed by atoms with Crippen LogP contribution in [0.1, 0.15) is 34.5 Å². The summed E-state index contributed by atoms with van der Waals surface area (Å²) >= 11 is 0. The van der Waals surface area contributed by atoms with E-state index in [9.17, 15) is 4.79 Å². The Kier molecular flexibility index (Phi) is 4.18. The van der Waals surface area contributed by atoms with E-state index in [1.165, 1.54) is 5.56 Å². The van der Waals surface area contributed by atoms with E-state index in [4.69, 9.17) is 15.2 Å². The first-order chi connectivity index (χ1) is 13.7. The van der Waals surface area contributed by atoms with Gasteiger partial charge in [0.25, 0.3) is 5.91 Å². The lowest BCUT2D eigenvalue weighted by molar-refractivity contribution is 0.0746. The second-order valence-electron chi connectivity index (χ2n) is 7.39. The summed E-state index contributed by atoms with van der Waals surface area (Å²) < 4.78 is 10.7. The number of nitrogens with zero attached hydrogens (tertiary/aromatic N) is 4. The number of anilines is 2. The molecule has 3 aliphatic rings. The molecule has 3 heterocycles. The summed E-state index contributed by atoms with van der Waals surface area (Å²) in [4.78, 5) is 26.0. The van der Waals surface area contributed by atoms with Crippen LogP contribution in [0.3, 0.4) is 0 Å². The maximum atomic E-state index is 12.9. The van der Waals surface area contributed by atoms with Crippen LogP contribution in [0.4, 0.5) is 11.8 Å². The minimum absolute atomic E-state index is 0.0159. The Morgan fingerprint density at radius 1 is 1.00 bits per heavy atom. The van der Waals surface area contributed by atoms with Gasteiger partial charge in [-0.05, 0) is 43.9 Å². The molecule has 2 N–H and O–H groups in total. The topological polar surface area (TPSA) is 93.8 Å². The average Bonchev–Trinajstić information content (AvgIpc) is 3.20. The Bertz CT molecular complexity index is 924. The number of piperazine rings is 1. The molecular formula is C20H23N5O3. The van der Waals surface area contributed by atoms with Crippen molar-refractivity contribution in [2.24, 2.45) is 0 Å². The van der Waals surface area contributed by atoms with Gasteiger partial charge in [0.05, 0.1) is 5.69 Å². The number of carbonyl (C=O) groups is 1. The van der Waals surface area contributed by atoms with Crippen molar-refractivity contribution in [3.05, 3.63) is 35.0 Å². The van der Waals surface area contributed by atoms with Gasteiger partial charge >= 0.3 is 0 Å². The highest BCUT2D eigenvalue weighted by atomic mass is 16.7. The minimum atomic E-state index is 0.0159. The molecule has 146 valence electrons. The molecule has 0 spiro atoms. The summed E-state index contributed by atoms with van der Waals surface area (Å²) in [6.07, 6.45) is 4.29. The number of fused-ring (bicyclic) bond motifs is 2. The predicted octanol–water partition coefficient (Wildman–Crippen LogP) is 1.63. The van der Waals surface area contributed by atoms with Crippen LogP contribution in [-0.2, 0) is 12.8 Å². The lowest BCUT2D eigenvalue weighted by atomic mass is 9.96. The van der Waals surface area contributed by atoms with Crippen molar-refractivity contribution in [2.45, 2.75) is 25.7 Å². The highest BCUT2D eigenvalue weighted by Crippen LogP contribution is 2.33. The SMILES string of the molecule is Nc1nc2c(c(N3CCN(C(=O)c4ccc5c(c4)OCO5)CC3)n1)CCCC2. The van der Waals surface area contributed by atoms with E-state index in [2.05, 4.69) is 14.9 Å². The highest BCUT2D eigenvalue weighted by Gasteiger charge is 2.27. The van der Waals surface area contributed by atoms with Crippen LogP contribution in [-0.4, -0.2) is 53.7 Å². The molecule has 0 unspecified atom stereocenters. The van der Waals surface area contributed by atoms with Gasteiger partial charge in [-0.15, -0.1) is 0 Å². The zero-order valence-corrected chi connectivity index (χ0v) is 15.7. The Balaban J connectivity index is 1.30. The van der Waals surface area contributed by atoms with E-state index < -0.39 is 0 Å². The van der Waals surface area contributed by atoms with Gasteiger partial charge in [-0.25, -0.2) is 4.98 Å². The molecule has 5 rings (SSSR count). The van der Waals surface area contributed by atoms with Crippen molar-refractivity contribution >= 4 is 17.7 Å². The fourth-order valence-electron chi connectivity index (χ4n) is 4.19. The number of aromatic nitrogens is 2. The lowest BCUT2D eigenvalue weighted by Gasteiger charge is -2.37. The maximum Gasteiger partial charge on any atom is 0.254 e. The van der Waals surface area contributed by atoms with Crippen molar-refractivity contribution in [3.63, 3.8) is 0 Å². The van der Waals surface area contributed by atoms with E-state index >= 15 is 0 Å². The van der Waals surface area contributed by atoms with Gasteiger partial charge in [0, 0.05) is 37.3 Å². The third kappa shape index (κ3) is 2.98. The number of hydrogen-bond donors (Lipinski definition) is 1. The molecule has 0 radical (unpaired) electrons. The number of rotatable bonds is 2. The van der Waals surface area contributed by atoms with Crippen molar-refractivity contribution < 1.29 is 14.3 Å². The Morgan fingerprint density at radius 3 is 2.64 bits per heavy atom. The molecule has 1 saturated heterocycles. The molecular weight excluding hydrogens is 358 g/mol. The minimum Gasteiger partial charge on any atom is -0.454 e. The summed E-state index contributed by atoms with van der Waals surface area (Å²) in [5.41, 5.74) is 8.90. The summed E-state index contributed by atoms with van der Waals surface area (Å²) in [5, 5.41) is 0. The van der Waals surface area contributed by atoms with Crippen molar-refractivity contribution in [2.75, 3.05) is 43.6 Å². The molecule has 0 atom stereocenters. The second kappa shape index (κ2) is 6.85. The zero-order chi connectivity index (χ0) is 19.1. The smallest absolute Gasteiger partial charge is 0.254 e. The fraction of sp³-hybridized carbons (Fsp3) is 0.450. The van der Waals surface area contributed by atoms with E-state index in [0.717, 1.165) is 50.3 Å². The molecule has 8 heteroatoms. The number of hydrogen-bond acceptors (Lipinski definition) is 7. The van der Waals surface area contributed by atoms with Crippen LogP contribution < -0.4 is 20.1 Å². The van der Waals surface area contributed by atoms with Gasteiger partial charge in [0.15, 0.2) is 11.5 Å². The molecule has 0 saturated carbocycles. The summed E-state index contributed by atoms with van der Waals surface area (Å²) in [6, 6.07) is 5.35. The largest absolute Gasteiger partial charge is 0.454 e. The number of benzene rings is 1. The molecule has 1 aliphatic carbocycles. The Morgan fingerprint density at radius 2 is 1.79 bits per heavy atom. The van der Waals surface area contributed by atoms with Gasteiger partial charge in [-0.2, -0.15) is 4.98 Å². The van der Waals surface area contributed by atoms with Gasteiger partial charge in [-0.1, -0.05) is 0 Å². The molecule has 1 amide bonds. The van der Waals surface area contributed by atoms with Crippen molar-refractivity contribution in [3.8, 4) is 11.5 Å². The van der Waals surface area contributed by atoms with Crippen molar-refractivity contribution in [1.29, 1.82) is 0 Å². The summed E-state index contributed by atoms with van der Waals surface area (Å²) in [7, 11) is 0. The molecule has 2 aromatic rings. The van der Waals surface area contributed by atoms with Crippen molar-refractivity contribution in [1.82, 2.24) is 14.9 Å². The first-order valence-electron chi connectivity index (χ1n) is 9.78. The van der Waals surface area contributed by atoms with Crippen LogP contribution in [0, 0.1) is 0 Å². The number of amides is 1. The number of carbonyl (C=O) groups excluding carboxylic acids is 1. The van der Waals surface area contributed by atoms with Gasteiger partial charge in [-0.3, -0.25) is 4.79 Å². The van der Waals surface area contributed by atoms with Gasteiger partial charge < -0.3 is 25.0 Å². The zero-order valence-electron chi connectivity index (χ0n) is 15.7. The van der Waals surface area contributed by atoms with Gasteiger partial charge in [0.1, 0.15) is 5.82 Å². The summed E-state index contributed by atoms with van der Waals surface area (Å²) in [6.45, 7) is 2.97.